The Morgan fingerprint density at radius 2 is 2.10 bits per heavy atom. The van der Waals surface area contributed by atoms with Crippen LogP contribution in [-0.2, 0) is 6.42 Å². The summed E-state index contributed by atoms with van der Waals surface area (Å²) < 4.78 is 26.2. The van der Waals surface area contributed by atoms with E-state index in [1.165, 1.54) is 0 Å². The molecule has 2 aliphatic carbocycles. The summed E-state index contributed by atoms with van der Waals surface area (Å²) >= 11 is 1.65. The van der Waals surface area contributed by atoms with Gasteiger partial charge in [0, 0.05) is 36.6 Å². The minimum atomic E-state index is -2.47. The van der Waals surface area contributed by atoms with Crippen molar-refractivity contribution in [2.24, 2.45) is 5.92 Å². The molecular weight excluding hydrogens is 276 g/mol. The lowest BCUT2D eigenvalue weighted by Gasteiger charge is -2.36. The highest BCUT2D eigenvalue weighted by Gasteiger charge is 2.47. The fraction of sp³-hybridized carbons (Fsp3) is 0.312. The molecule has 0 unspecified atom stereocenters. The third-order valence-corrected chi connectivity index (χ3v) is 4.86. The molecule has 0 aliphatic heterocycles. The number of aromatic nitrogens is 1. The van der Waals surface area contributed by atoms with Gasteiger partial charge in [0.2, 0.25) is 5.92 Å². The molecule has 0 atom stereocenters. The summed E-state index contributed by atoms with van der Waals surface area (Å²) in [5.74, 6) is -2.46. The standard InChI is InChI=1S/C16H13F2NS/c17-16(18)6-12(7-16)13-1-2-15-14(13)5-11(8-19-15)10-3-4-20-9-10/h1,3-5,8-9,12H,2,6-7H2. The van der Waals surface area contributed by atoms with Crippen molar-refractivity contribution in [2.45, 2.75) is 25.2 Å². The summed E-state index contributed by atoms with van der Waals surface area (Å²) in [5, 5.41) is 4.12. The van der Waals surface area contributed by atoms with Crippen LogP contribution >= 0.6 is 11.3 Å². The molecule has 0 saturated heterocycles. The van der Waals surface area contributed by atoms with Crippen molar-refractivity contribution in [3.8, 4) is 11.1 Å². The molecule has 2 aromatic heterocycles. The Morgan fingerprint density at radius 3 is 2.80 bits per heavy atom. The molecule has 2 aliphatic rings. The number of rotatable bonds is 2. The third-order valence-electron chi connectivity index (χ3n) is 4.18. The Balaban J connectivity index is 1.68. The lowest BCUT2D eigenvalue weighted by atomic mass is 9.75. The average Bonchev–Trinajstić information content (AvgIpc) is 3.04. The normalized spacial score (nSPS) is 20.4. The first-order valence-corrected chi connectivity index (χ1v) is 7.66. The highest BCUT2D eigenvalue weighted by molar-refractivity contribution is 7.08. The first-order valence-electron chi connectivity index (χ1n) is 6.72. The summed E-state index contributed by atoms with van der Waals surface area (Å²) in [6.07, 6.45) is 4.71. The largest absolute Gasteiger partial charge is 0.260 e. The Labute approximate surface area is 120 Å². The Morgan fingerprint density at radius 1 is 1.25 bits per heavy atom. The number of alkyl halides is 2. The smallest absolute Gasteiger partial charge is 0.249 e. The molecule has 102 valence electrons. The van der Waals surface area contributed by atoms with Gasteiger partial charge in [-0.25, -0.2) is 8.78 Å². The van der Waals surface area contributed by atoms with Crippen LogP contribution < -0.4 is 0 Å². The van der Waals surface area contributed by atoms with Crippen molar-refractivity contribution in [3.05, 3.63) is 46.4 Å². The first kappa shape index (κ1) is 12.2. The summed E-state index contributed by atoms with van der Waals surface area (Å²) in [5.41, 5.74) is 5.40. The van der Waals surface area contributed by atoms with Crippen LogP contribution in [0.2, 0.25) is 0 Å². The Bertz CT molecular complexity index is 681. The van der Waals surface area contributed by atoms with Gasteiger partial charge in [0.05, 0.1) is 5.69 Å². The van der Waals surface area contributed by atoms with E-state index in [0.717, 1.165) is 34.4 Å². The molecule has 0 aromatic carbocycles. The van der Waals surface area contributed by atoms with Gasteiger partial charge in [0.1, 0.15) is 0 Å². The predicted octanol–water partition coefficient (Wildman–Crippen LogP) is 4.79. The number of fused-ring (bicyclic) bond motifs is 1. The van der Waals surface area contributed by atoms with Gasteiger partial charge in [-0.3, -0.25) is 4.98 Å². The molecule has 4 rings (SSSR count). The third kappa shape index (κ3) is 1.90. The quantitative estimate of drug-likeness (QED) is 0.774. The van der Waals surface area contributed by atoms with Crippen molar-refractivity contribution in [2.75, 3.05) is 0 Å². The van der Waals surface area contributed by atoms with Gasteiger partial charge in [-0.15, -0.1) is 0 Å². The zero-order valence-electron chi connectivity index (χ0n) is 10.8. The maximum absolute atomic E-state index is 13.1. The van der Waals surface area contributed by atoms with Crippen LogP contribution in [0, 0.1) is 5.92 Å². The van der Waals surface area contributed by atoms with Gasteiger partial charge in [-0.2, -0.15) is 11.3 Å². The van der Waals surface area contributed by atoms with Crippen LogP contribution in [0.3, 0.4) is 0 Å². The second-order valence-electron chi connectivity index (χ2n) is 5.55. The molecule has 2 aromatic rings. The number of halogens is 2. The van der Waals surface area contributed by atoms with E-state index in [0.29, 0.717) is 0 Å². The average molecular weight is 289 g/mol. The van der Waals surface area contributed by atoms with E-state index in [1.54, 1.807) is 11.3 Å². The lowest BCUT2D eigenvalue weighted by molar-refractivity contribution is -0.0934. The molecule has 0 spiro atoms. The monoisotopic (exact) mass is 289 g/mol. The molecule has 1 nitrogen and oxygen atoms in total. The van der Waals surface area contributed by atoms with Crippen LogP contribution in [-0.4, -0.2) is 10.9 Å². The lowest BCUT2D eigenvalue weighted by Crippen LogP contribution is -2.35. The van der Waals surface area contributed by atoms with Crippen LogP contribution in [0.5, 0.6) is 0 Å². The van der Waals surface area contributed by atoms with E-state index in [-0.39, 0.29) is 18.8 Å². The number of hydrogen-bond donors (Lipinski definition) is 0. The van der Waals surface area contributed by atoms with E-state index in [2.05, 4.69) is 28.6 Å². The second kappa shape index (κ2) is 4.22. The van der Waals surface area contributed by atoms with Crippen molar-refractivity contribution in [1.82, 2.24) is 4.98 Å². The minimum absolute atomic E-state index is 0.00535. The van der Waals surface area contributed by atoms with Crippen molar-refractivity contribution >= 4 is 16.9 Å². The van der Waals surface area contributed by atoms with Crippen LogP contribution in [0.15, 0.2) is 35.2 Å². The molecule has 1 saturated carbocycles. The molecule has 2 heterocycles. The predicted molar refractivity (Wildman–Crippen MR) is 76.9 cm³/mol. The van der Waals surface area contributed by atoms with Crippen LogP contribution in [0.25, 0.3) is 16.7 Å². The molecule has 20 heavy (non-hydrogen) atoms. The molecule has 4 heteroatoms. The number of hydrogen-bond acceptors (Lipinski definition) is 2. The number of pyridine rings is 1. The van der Waals surface area contributed by atoms with Gasteiger partial charge in [-0.05, 0) is 39.9 Å². The molecule has 0 bridgehead atoms. The zero-order valence-corrected chi connectivity index (χ0v) is 11.6. The highest BCUT2D eigenvalue weighted by Crippen LogP contribution is 2.50. The number of allylic oxidation sites excluding steroid dienone is 2. The van der Waals surface area contributed by atoms with Crippen LogP contribution in [0.4, 0.5) is 8.78 Å². The van der Waals surface area contributed by atoms with Gasteiger partial charge >= 0.3 is 0 Å². The Kier molecular flexibility index (Phi) is 2.58. The second-order valence-corrected chi connectivity index (χ2v) is 6.34. The van der Waals surface area contributed by atoms with E-state index < -0.39 is 5.92 Å². The minimum Gasteiger partial charge on any atom is -0.260 e. The maximum Gasteiger partial charge on any atom is 0.249 e. The van der Waals surface area contributed by atoms with Crippen molar-refractivity contribution in [1.29, 1.82) is 0 Å². The molecule has 0 amide bonds. The highest BCUT2D eigenvalue weighted by atomic mass is 32.1. The van der Waals surface area contributed by atoms with E-state index >= 15 is 0 Å². The van der Waals surface area contributed by atoms with Crippen molar-refractivity contribution in [3.63, 3.8) is 0 Å². The Hall–Kier alpha value is -1.55. The number of nitrogens with zero attached hydrogens (tertiary/aromatic N) is 1. The zero-order chi connectivity index (χ0) is 13.7. The summed E-state index contributed by atoms with van der Waals surface area (Å²) in [6.45, 7) is 0. The topological polar surface area (TPSA) is 12.9 Å². The molecule has 0 radical (unpaired) electrons. The molecular formula is C16H13F2NS. The van der Waals surface area contributed by atoms with E-state index in [4.69, 9.17) is 0 Å². The van der Waals surface area contributed by atoms with Gasteiger partial charge in [0.25, 0.3) is 0 Å². The van der Waals surface area contributed by atoms with Crippen LogP contribution in [0.1, 0.15) is 24.1 Å². The van der Waals surface area contributed by atoms with Gasteiger partial charge in [0.15, 0.2) is 0 Å². The first-order chi connectivity index (χ1) is 9.62. The van der Waals surface area contributed by atoms with Gasteiger partial charge in [-0.1, -0.05) is 6.08 Å². The maximum atomic E-state index is 13.1. The number of thiophene rings is 1. The summed E-state index contributed by atoms with van der Waals surface area (Å²) in [4.78, 5) is 4.51. The fourth-order valence-corrected chi connectivity index (χ4v) is 3.74. The van der Waals surface area contributed by atoms with Gasteiger partial charge < -0.3 is 0 Å². The van der Waals surface area contributed by atoms with E-state index in [1.807, 2.05) is 11.6 Å². The SMILES string of the molecule is FC1(F)CC(C2=CCc3ncc(-c4ccsc4)cc32)C1. The summed E-state index contributed by atoms with van der Waals surface area (Å²) in [7, 11) is 0. The summed E-state index contributed by atoms with van der Waals surface area (Å²) in [6, 6.07) is 4.17. The van der Waals surface area contributed by atoms with E-state index in [9.17, 15) is 8.78 Å². The van der Waals surface area contributed by atoms with Crippen molar-refractivity contribution < 1.29 is 8.78 Å². The molecule has 0 N–H and O–H groups in total. The fourth-order valence-electron chi connectivity index (χ4n) is 3.08. The molecule has 1 fully saturated rings.